The highest BCUT2D eigenvalue weighted by Gasteiger charge is 2.23. The van der Waals surface area contributed by atoms with Crippen molar-refractivity contribution in [2.75, 3.05) is 18.6 Å². The molecule has 1 aromatic heterocycles. The summed E-state index contributed by atoms with van der Waals surface area (Å²) in [6, 6.07) is 3.35. The lowest BCUT2D eigenvalue weighted by molar-refractivity contribution is 0.215. The highest BCUT2D eigenvalue weighted by molar-refractivity contribution is 5.97. The number of hydrogen-bond acceptors (Lipinski definition) is 5. The fraction of sp³-hybridized carbons (Fsp3) is 0.455. The van der Waals surface area contributed by atoms with Gasteiger partial charge in [-0.05, 0) is 26.0 Å². The van der Waals surface area contributed by atoms with Gasteiger partial charge in [-0.15, -0.1) is 0 Å². The number of nitrogens with two attached hydrogens (primary N) is 1. The minimum Gasteiger partial charge on any atom is -0.409 e. The van der Waals surface area contributed by atoms with Crippen LogP contribution in [-0.4, -0.2) is 40.3 Å². The van der Waals surface area contributed by atoms with Crippen LogP contribution in [0.4, 0.5) is 5.82 Å². The zero-order chi connectivity index (χ0) is 13.1. The molecule has 0 spiro atoms. The highest BCUT2D eigenvalue weighted by atomic mass is 16.4. The van der Waals surface area contributed by atoms with Crippen LogP contribution in [-0.2, 0) is 0 Å². The molecule has 0 atom stereocenters. The zero-order valence-corrected chi connectivity index (χ0v) is 10.3. The van der Waals surface area contributed by atoms with Crippen molar-refractivity contribution < 1.29 is 10.3 Å². The van der Waals surface area contributed by atoms with Crippen LogP contribution in [0.2, 0.25) is 0 Å². The third-order valence-corrected chi connectivity index (χ3v) is 2.79. The Hall–Kier alpha value is -1.82. The molecule has 0 bridgehead atoms. The number of amidine groups is 1. The van der Waals surface area contributed by atoms with Crippen molar-refractivity contribution >= 4 is 11.7 Å². The first-order valence-electron chi connectivity index (χ1n) is 5.21. The lowest BCUT2D eigenvalue weighted by Gasteiger charge is -2.35. The third-order valence-electron chi connectivity index (χ3n) is 2.79. The molecule has 0 radical (unpaired) electrons. The molecule has 1 rings (SSSR count). The van der Waals surface area contributed by atoms with Crippen LogP contribution in [0, 0.1) is 0 Å². The third kappa shape index (κ3) is 2.85. The van der Waals surface area contributed by atoms with Crippen LogP contribution in [0.5, 0.6) is 0 Å². The number of aliphatic hydroxyl groups excluding tert-OH is 1. The molecule has 1 heterocycles. The van der Waals surface area contributed by atoms with Gasteiger partial charge in [0.15, 0.2) is 5.84 Å². The van der Waals surface area contributed by atoms with E-state index < -0.39 is 5.54 Å². The standard InChI is InChI=1S/C11H18N4O2/c1-11(2,7-16)15(3)9-6-8(4-5-13-9)10(12)14-17/h4-6,16-17H,7H2,1-3H3,(H2,12,14). The predicted octanol–water partition coefficient (Wildman–Crippen LogP) is 0.383. The van der Waals surface area contributed by atoms with E-state index in [1.807, 2.05) is 25.8 Å². The molecule has 17 heavy (non-hydrogen) atoms. The van der Waals surface area contributed by atoms with Crippen molar-refractivity contribution in [1.82, 2.24) is 4.98 Å². The van der Waals surface area contributed by atoms with Gasteiger partial charge in [-0.25, -0.2) is 4.98 Å². The first-order chi connectivity index (χ1) is 7.92. The van der Waals surface area contributed by atoms with E-state index in [1.54, 1.807) is 18.3 Å². The fourth-order valence-electron chi connectivity index (χ4n) is 1.24. The van der Waals surface area contributed by atoms with Crippen molar-refractivity contribution in [1.29, 1.82) is 0 Å². The summed E-state index contributed by atoms with van der Waals surface area (Å²) in [5, 5.41) is 20.8. The molecule has 0 amide bonds. The maximum Gasteiger partial charge on any atom is 0.170 e. The van der Waals surface area contributed by atoms with Crippen LogP contribution < -0.4 is 10.6 Å². The first-order valence-corrected chi connectivity index (χ1v) is 5.21. The van der Waals surface area contributed by atoms with Crippen LogP contribution in [0.3, 0.4) is 0 Å². The average molecular weight is 238 g/mol. The molecule has 0 fully saturated rings. The van der Waals surface area contributed by atoms with Gasteiger partial charge in [-0.3, -0.25) is 0 Å². The Labute approximate surface area is 100 Å². The second kappa shape index (κ2) is 5.01. The summed E-state index contributed by atoms with van der Waals surface area (Å²) < 4.78 is 0. The minimum atomic E-state index is -0.434. The Kier molecular flexibility index (Phi) is 3.90. The molecule has 0 unspecified atom stereocenters. The predicted molar refractivity (Wildman–Crippen MR) is 66.3 cm³/mol. The lowest BCUT2D eigenvalue weighted by Crippen LogP contribution is -2.44. The monoisotopic (exact) mass is 238 g/mol. The number of rotatable bonds is 4. The van der Waals surface area contributed by atoms with Gasteiger partial charge in [0.05, 0.1) is 12.1 Å². The van der Waals surface area contributed by atoms with E-state index in [1.165, 1.54) is 0 Å². The Balaban J connectivity index is 3.08. The maximum atomic E-state index is 9.29. The van der Waals surface area contributed by atoms with Crippen LogP contribution >= 0.6 is 0 Å². The number of pyridine rings is 1. The van der Waals surface area contributed by atoms with Crippen LogP contribution in [0.1, 0.15) is 19.4 Å². The molecular formula is C11H18N4O2. The summed E-state index contributed by atoms with van der Waals surface area (Å²) in [7, 11) is 1.83. The van der Waals surface area contributed by atoms with Gasteiger partial charge >= 0.3 is 0 Å². The van der Waals surface area contributed by atoms with Gasteiger partial charge in [0.2, 0.25) is 0 Å². The summed E-state index contributed by atoms with van der Waals surface area (Å²) in [6.45, 7) is 3.79. The van der Waals surface area contributed by atoms with Gasteiger partial charge in [0, 0.05) is 18.8 Å². The number of oxime groups is 1. The van der Waals surface area contributed by atoms with Crippen molar-refractivity contribution in [2.24, 2.45) is 10.9 Å². The summed E-state index contributed by atoms with van der Waals surface area (Å²) in [5.74, 6) is 0.678. The van der Waals surface area contributed by atoms with Crippen molar-refractivity contribution in [2.45, 2.75) is 19.4 Å². The smallest absolute Gasteiger partial charge is 0.170 e. The van der Waals surface area contributed by atoms with E-state index >= 15 is 0 Å². The highest BCUT2D eigenvalue weighted by Crippen LogP contribution is 2.20. The van der Waals surface area contributed by atoms with E-state index in [0.29, 0.717) is 11.4 Å². The summed E-state index contributed by atoms with van der Waals surface area (Å²) in [4.78, 5) is 6.03. The summed E-state index contributed by atoms with van der Waals surface area (Å²) in [5.41, 5.74) is 5.66. The Bertz CT molecular complexity index is 418. The molecule has 4 N–H and O–H groups in total. The van der Waals surface area contributed by atoms with Crippen molar-refractivity contribution in [3.63, 3.8) is 0 Å². The molecule has 6 heteroatoms. The van der Waals surface area contributed by atoms with Gasteiger partial charge in [0.25, 0.3) is 0 Å². The number of hydrogen-bond donors (Lipinski definition) is 3. The molecule has 0 aromatic carbocycles. The number of likely N-dealkylation sites (N-methyl/N-ethyl adjacent to an activating group) is 1. The molecular weight excluding hydrogens is 220 g/mol. The second-order valence-electron chi connectivity index (χ2n) is 4.42. The average Bonchev–Trinajstić information content (AvgIpc) is 2.36. The SMILES string of the molecule is CN(c1cc(/C(N)=N/O)ccn1)C(C)(C)CO. The second-order valence-corrected chi connectivity index (χ2v) is 4.42. The topological polar surface area (TPSA) is 95.0 Å². The minimum absolute atomic E-state index is 0.00101. The maximum absolute atomic E-state index is 9.29. The molecule has 0 aliphatic rings. The largest absolute Gasteiger partial charge is 0.409 e. The quantitative estimate of drug-likeness (QED) is 0.305. The number of anilines is 1. The molecule has 0 aliphatic heterocycles. The molecule has 0 aliphatic carbocycles. The van der Waals surface area contributed by atoms with Crippen molar-refractivity contribution in [3.8, 4) is 0 Å². The normalized spacial score (nSPS) is 12.6. The molecule has 94 valence electrons. The van der Waals surface area contributed by atoms with E-state index in [2.05, 4.69) is 10.1 Å². The van der Waals surface area contributed by atoms with Crippen LogP contribution in [0.15, 0.2) is 23.5 Å². The van der Waals surface area contributed by atoms with Gasteiger partial charge in [-0.2, -0.15) is 0 Å². The number of nitrogens with zero attached hydrogens (tertiary/aromatic N) is 3. The Morgan fingerprint density at radius 1 is 1.59 bits per heavy atom. The van der Waals surface area contributed by atoms with Gasteiger partial charge < -0.3 is 20.9 Å². The summed E-state index contributed by atoms with van der Waals surface area (Å²) in [6.07, 6.45) is 1.58. The molecule has 0 saturated heterocycles. The lowest BCUT2D eigenvalue weighted by atomic mass is 10.1. The summed E-state index contributed by atoms with van der Waals surface area (Å²) >= 11 is 0. The van der Waals surface area contributed by atoms with E-state index in [4.69, 9.17) is 10.9 Å². The molecule has 1 aromatic rings. The van der Waals surface area contributed by atoms with E-state index in [-0.39, 0.29) is 12.4 Å². The van der Waals surface area contributed by atoms with E-state index in [9.17, 15) is 5.11 Å². The molecule has 0 saturated carbocycles. The number of aliphatic hydroxyl groups is 1. The Morgan fingerprint density at radius 2 is 2.24 bits per heavy atom. The zero-order valence-electron chi connectivity index (χ0n) is 10.3. The van der Waals surface area contributed by atoms with Gasteiger partial charge in [-0.1, -0.05) is 5.16 Å². The van der Waals surface area contributed by atoms with E-state index in [0.717, 1.165) is 0 Å². The first kappa shape index (κ1) is 13.2. The molecule has 6 nitrogen and oxygen atoms in total. The van der Waals surface area contributed by atoms with Crippen LogP contribution in [0.25, 0.3) is 0 Å². The number of aromatic nitrogens is 1. The fourth-order valence-corrected chi connectivity index (χ4v) is 1.24. The van der Waals surface area contributed by atoms with Gasteiger partial charge in [0.1, 0.15) is 5.82 Å². The van der Waals surface area contributed by atoms with Crippen molar-refractivity contribution in [3.05, 3.63) is 23.9 Å². The Morgan fingerprint density at radius 3 is 2.76 bits per heavy atom.